The second-order valence-corrected chi connectivity index (χ2v) is 3.04. The number of aromatic hydroxyl groups is 1. The van der Waals surface area contributed by atoms with Gasteiger partial charge in [-0.3, -0.25) is 0 Å². The fourth-order valence-electron chi connectivity index (χ4n) is 0.990. The van der Waals surface area contributed by atoms with Crippen molar-refractivity contribution in [2.75, 3.05) is 6.61 Å². The lowest BCUT2D eigenvalue weighted by atomic mass is 10.2. The highest BCUT2D eigenvalue weighted by Gasteiger charge is 2.05. The molecule has 0 fully saturated rings. The van der Waals surface area contributed by atoms with Gasteiger partial charge in [-0.25, -0.2) is 4.79 Å². The average Bonchev–Trinajstić information content (AvgIpc) is 2.19. The predicted molar refractivity (Wildman–Crippen MR) is 63.2 cm³/mol. The van der Waals surface area contributed by atoms with Crippen molar-refractivity contribution in [3.63, 3.8) is 0 Å². The molecule has 0 aliphatic carbocycles. The molecule has 0 heterocycles. The summed E-state index contributed by atoms with van der Waals surface area (Å²) in [5.74, 6) is -0.187. The van der Waals surface area contributed by atoms with E-state index in [1.165, 1.54) is 12.1 Å². The summed E-state index contributed by atoms with van der Waals surface area (Å²) >= 11 is 0. The molecule has 0 aromatic heterocycles. The number of benzene rings is 1. The first-order valence-electron chi connectivity index (χ1n) is 4.70. The van der Waals surface area contributed by atoms with Gasteiger partial charge in [-0.1, -0.05) is 13.3 Å². The Hall–Kier alpha value is -0.978. The number of carbonyl (C=O) groups excluding carboxylic acids is 1. The maximum atomic E-state index is 11.3. The maximum Gasteiger partial charge on any atom is 0.338 e. The number of phenols is 1. The van der Waals surface area contributed by atoms with Crippen LogP contribution in [0.1, 0.15) is 30.1 Å². The summed E-state index contributed by atoms with van der Waals surface area (Å²) in [6, 6.07) is 6.03. The van der Waals surface area contributed by atoms with E-state index in [0.717, 1.165) is 12.8 Å². The summed E-state index contributed by atoms with van der Waals surface area (Å²) in [6.07, 6.45) is 1.88. The molecule has 0 amide bonds. The first-order chi connectivity index (χ1) is 6.74. The number of unbranched alkanes of at least 4 members (excludes halogenated alkanes) is 1. The Morgan fingerprint density at radius 1 is 1.33 bits per heavy atom. The minimum atomic E-state index is -0.335. The quantitative estimate of drug-likeness (QED) is 0.474. The zero-order chi connectivity index (χ0) is 10.4. The smallest absolute Gasteiger partial charge is 0.338 e. The van der Waals surface area contributed by atoms with E-state index in [1.807, 2.05) is 6.92 Å². The van der Waals surface area contributed by atoms with Crippen molar-refractivity contribution in [2.24, 2.45) is 0 Å². The molecule has 0 bridgehead atoms. The monoisotopic (exact) mass is 224 g/mol. The molecular formula is C11H17AlO3. The van der Waals surface area contributed by atoms with Crippen molar-refractivity contribution >= 4 is 23.3 Å². The third kappa shape index (κ3) is 4.87. The Bertz CT molecular complexity index is 295. The minimum absolute atomic E-state index is 0. The summed E-state index contributed by atoms with van der Waals surface area (Å²) < 4.78 is 4.99. The van der Waals surface area contributed by atoms with Crippen LogP contribution in [0.3, 0.4) is 0 Å². The Kier molecular flexibility index (Phi) is 6.85. The largest absolute Gasteiger partial charge is 0.508 e. The lowest BCUT2D eigenvalue weighted by Crippen LogP contribution is -2.05. The van der Waals surface area contributed by atoms with Crippen LogP contribution in [-0.2, 0) is 4.74 Å². The van der Waals surface area contributed by atoms with E-state index >= 15 is 0 Å². The highest BCUT2D eigenvalue weighted by atomic mass is 27.0. The summed E-state index contributed by atoms with van der Waals surface area (Å²) in [4.78, 5) is 11.3. The van der Waals surface area contributed by atoms with E-state index in [1.54, 1.807) is 12.1 Å². The van der Waals surface area contributed by atoms with Gasteiger partial charge < -0.3 is 9.84 Å². The van der Waals surface area contributed by atoms with Crippen molar-refractivity contribution < 1.29 is 14.6 Å². The van der Waals surface area contributed by atoms with Crippen LogP contribution in [-0.4, -0.2) is 35.0 Å². The minimum Gasteiger partial charge on any atom is -0.508 e. The highest BCUT2D eigenvalue weighted by Crippen LogP contribution is 2.10. The number of hydrogen-bond donors (Lipinski definition) is 1. The maximum absolute atomic E-state index is 11.3. The molecular weight excluding hydrogens is 207 g/mol. The molecule has 0 saturated carbocycles. The second kappa shape index (κ2) is 7.33. The summed E-state index contributed by atoms with van der Waals surface area (Å²) in [7, 11) is 0. The SMILES string of the molecule is CCCCOC(=O)c1ccc(O)cc1.[AlH3]. The lowest BCUT2D eigenvalue weighted by Gasteiger charge is -2.03. The Labute approximate surface area is 100 Å². The normalized spacial score (nSPS) is 9.13. The number of hydrogen-bond acceptors (Lipinski definition) is 3. The molecule has 82 valence electrons. The van der Waals surface area contributed by atoms with Crippen LogP contribution in [0.5, 0.6) is 5.75 Å². The molecule has 0 saturated heterocycles. The molecule has 15 heavy (non-hydrogen) atoms. The standard InChI is InChI=1S/C11H14O3.Al.3H/c1-2-3-8-14-11(13)9-4-6-10(12)7-5-9;;;;/h4-7,12H,2-3,8H2,1H3;;;;. The van der Waals surface area contributed by atoms with Crippen LogP contribution in [0, 0.1) is 0 Å². The summed E-state index contributed by atoms with van der Waals surface area (Å²) in [6.45, 7) is 2.49. The fraction of sp³-hybridized carbons (Fsp3) is 0.364. The van der Waals surface area contributed by atoms with Crippen LogP contribution < -0.4 is 0 Å². The molecule has 1 aromatic carbocycles. The molecule has 0 atom stereocenters. The molecule has 3 nitrogen and oxygen atoms in total. The van der Waals surface area contributed by atoms with Gasteiger partial charge in [0.25, 0.3) is 0 Å². The zero-order valence-electron chi connectivity index (χ0n) is 8.19. The third-order valence-electron chi connectivity index (χ3n) is 1.83. The van der Waals surface area contributed by atoms with Gasteiger partial charge in [0.15, 0.2) is 17.4 Å². The molecule has 0 radical (unpaired) electrons. The van der Waals surface area contributed by atoms with Crippen molar-refractivity contribution in [2.45, 2.75) is 19.8 Å². The van der Waals surface area contributed by atoms with E-state index < -0.39 is 0 Å². The van der Waals surface area contributed by atoms with Crippen molar-refractivity contribution in [3.8, 4) is 5.75 Å². The molecule has 0 spiro atoms. The molecule has 0 aliphatic rings. The Balaban J connectivity index is 0.00000196. The van der Waals surface area contributed by atoms with Gasteiger partial charge in [0.1, 0.15) is 5.75 Å². The number of rotatable bonds is 4. The molecule has 1 aromatic rings. The zero-order valence-corrected chi connectivity index (χ0v) is 8.19. The van der Waals surface area contributed by atoms with Crippen LogP contribution in [0.15, 0.2) is 24.3 Å². The number of carbonyl (C=O) groups is 1. The fourth-order valence-corrected chi connectivity index (χ4v) is 0.990. The van der Waals surface area contributed by atoms with Crippen LogP contribution >= 0.6 is 0 Å². The van der Waals surface area contributed by atoms with Gasteiger partial charge in [-0.05, 0) is 30.7 Å². The van der Waals surface area contributed by atoms with Gasteiger partial charge in [0.2, 0.25) is 0 Å². The summed E-state index contributed by atoms with van der Waals surface area (Å²) in [5, 5.41) is 9.00. The summed E-state index contributed by atoms with van der Waals surface area (Å²) in [5.41, 5.74) is 0.471. The van der Waals surface area contributed by atoms with E-state index in [9.17, 15) is 4.79 Å². The topological polar surface area (TPSA) is 46.5 Å². The van der Waals surface area contributed by atoms with Gasteiger partial charge in [-0.2, -0.15) is 0 Å². The second-order valence-electron chi connectivity index (χ2n) is 3.04. The van der Waals surface area contributed by atoms with Crippen LogP contribution in [0.4, 0.5) is 0 Å². The van der Waals surface area contributed by atoms with Gasteiger partial charge in [-0.15, -0.1) is 0 Å². The van der Waals surface area contributed by atoms with Crippen molar-refractivity contribution in [3.05, 3.63) is 29.8 Å². The van der Waals surface area contributed by atoms with Crippen molar-refractivity contribution in [1.82, 2.24) is 0 Å². The van der Waals surface area contributed by atoms with E-state index in [0.29, 0.717) is 12.2 Å². The Morgan fingerprint density at radius 2 is 1.93 bits per heavy atom. The van der Waals surface area contributed by atoms with Gasteiger partial charge >= 0.3 is 5.97 Å². The molecule has 0 aliphatic heterocycles. The third-order valence-corrected chi connectivity index (χ3v) is 1.83. The number of ether oxygens (including phenoxy) is 1. The van der Waals surface area contributed by atoms with E-state index in [-0.39, 0.29) is 29.1 Å². The molecule has 1 N–H and O–H groups in total. The first kappa shape index (κ1) is 14.0. The van der Waals surface area contributed by atoms with Crippen LogP contribution in [0.2, 0.25) is 0 Å². The predicted octanol–water partition coefficient (Wildman–Crippen LogP) is 1.17. The number of phenolic OH excluding ortho intramolecular Hbond substituents is 1. The average molecular weight is 224 g/mol. The van der Waals surface area contributed by atoms with Crippen molar-refractivity contribution in [1.29, 1.82) is 0 Å². The van der Waals surface area contributed by atoms with Gasteiger partial charge in [0, 0.05) is 0 Å². The lowest BCUT2D eigenvalue weighted by molar-refractivity contribution is 0.0500. The highest BCUT2D eigenvalue weighted by molar-refractivity contribution is 5.89. The molecule has 4 heteroatoms. The first-order valence-corrected chi connectivity index (χ1v) is 4.70. The Morgan fingerprint density at radius 3 is 2.47 bits per heavy atom. The molecule has 0 unspecified atom stereocenters. The van der Waals surface area contributed by atoms with E-state index in [2.05, 4.69) is 0 Å². The van der Waals surface area contributed by atoms with E-state index in [4.69, 9.17) is 9.84 Å². The van der Waals surface area contributed by atoms with Gasteiger partial charge in [0.05, 0.1) is 12.2 Å². The van der Waals surface area contributed by atoms with Crippen LogP contribution in [0.25, 0.3) is 0 Å². The number of esters is 1. The molecule has 1 rings (SSSR count).